The second kappa shape index (κ2) is 3.11. The smallest absolute Gasteiger partial charge is 0.0184 e. The maximum absolute atomic E-state index is 6.15. The Labute approximate surface area is 91.3 Å². The summed E-state index contributed by atoms with van der Waals surface area (Å²) >= 11 is 0. The number of aromatic amines is 1. The summed E-state index contributed by atoms with van der Waals surface area (Å²) in [6.07, 6.45) is 8.71. The highest BCUT2D eigenvalue weighted by atomic mass is 14.8. The van der Waals surface area contributed by atoms with Gasteiger partial charge in [0.05, 0.1) is 0 Å². The van der Waals surface area contributed by atoms with Crippen LogP contribution in [0.1, 0.15) is 48.2 Å². The first kappa shape index (κ1) is 9.46. The standard InChI is InChI=1S/C13H20N2/c1-9-10(5-6-13(14)7-8-13)11-3-2-4-12(11)15-9/h15H,2-8,14H2,1H3. The molecule has 15 heavy (non-hydrogen) atoms. The Bertz CT molecular complexity index is 385. The number of fused-ring (bicyclic) bond motifs is 1. The second-order valence-corrected chi connectivity index (χ2v) is 5.40. The first-order valence-electron chi connectivity index (χ1n) is 6.16. The second-order valence-electron chi connectivity index (χ2n) is 5.40. The number of aryl methyl sites for hydroxylation is 2. The maximum Gasteiger partial charge on any atom is 0.0184 e. The van der Waals surface area contributed by atoms with Gasteiger partial charge in [0.15, 0.2) is 0 Å². The Hall–Kier alpha value is -0.760. The van der Waals surface area contributed by atoms with Crippen molar-refractivity contribution in [2.75, 3.05) is 0 Å². The number of hydrogen-bond acceptors (Lipinski definition) is 1. The van der Waals surface area contributed by atoms with Gasteiger partial charge in [-0.15, -0.1) is 0 Å². The summed E-state index contributed by atoms with van der Waals surface area (Å²) in [5.41, 5.74) is 12.5. The van der Waals surface area contributed by atoms with Gasteiger partial charge in [-0.1, -0.05) is 0 Å². The molecular formula is C13H20N2. The molecule has 1 heterocycles. The Morgan fingerprint density at radius 2 is 2.13 bits per heavy atom. The van der Waals surface area contributed by atoms with E-state index in [1.54, 1.807) is 11.1 Å². The minimum Gasteiger partial charge on any atom is -0.362 e. The van der Waals surface area contributed by atoms with Gasteiger partial charge in [0, 0.05) is 16.9 Å². The summed E-state index contributed by atoms with van der Waals surface area (Å²) in [5.74, 6) is 0. The van der Waals surface area contributed by atoms with Crippen molar-refractivity contribution in [3.63, 3.8) is 0 Å². The molecule has 0 aromatic carbocycles. The van der Waals surface area contributed by atoms with Gasteiger partial charge in [-0.3, -0.25) is 0 Å². The number of aromatic nitrogens is 1. The first-order valence-corrected chi connectivity index (χ1v) is 6.16. The number of nitrogens with two attached hydrogens (primary N) is 1. The largest absolute Gasteiger partial charge is 0.362 e. The van der Waals surface area contributed by atoms with E-state index in [-0.39, 0.29) is 5.54 Å². The minimum absolute atomic E-state index is 0.204. The zero-order chi connectivity index (χ0) is 10.5. The van der Waals surface area contributed by atoms with Crippen molar-refractivity contribution in [1.82, 2.24) is 4.98 Å². The van der Waals surface area contributed by atoms with Crippen LogP contribution < -0.4 is 5.73 Å². The van der Waals surface area contributed by atoms with E-state index >= 15 is 0 Å². The summed E-state index contributed by atoms with van der Waals surface area (Å²) in [6.45, 7) is 2.21. The lowest BCUT2D eigenvalue weighted by Gasteiger charge is -2.09. The molecule has 0 atom stereocenters. The molecule has 1 aromatic heterocycles. The summed E-state index contributed by atoms with van der Waals surface area (Å²) < 4.78 is 0. The van der Waals surface area contributed by atoms with Crippen molar-refractivity contribution < 1.29 is 0 Å². The van der Waals surface area contributed by atoms with Gasteiger partial charge in [-0.05, 0) is 63.0 Å². The van der Waals surface area contributed by atoms with Crippen molar-refractivity contribution in [2.45, 2.75) is 57.4 Å². The molecule has 0 unspecified atom stereocenters. The van der Waals surface area contributed by atoms with E-state index in [4.69, 9.17) is 5.73 Å². The van der Waals surface area contributed by atoms with Crippen LogP contribution >= 0.6 is 0 Å². The van der Waals surface area contributed by atoms with Crippen LogP contribution in [0.5, 0.6) is 0 Å². The fraction of sp³-hybridized carbons (Fsp3) is 0.692. The molecule has 2 nitrogen and oxygen atoms in total. The van der Waals surface area contributed by atoms with Gasteiger partial charge < -0.3 is 10.7 Å². The van der Waals surface area contributed by atoms with Crippen LogP contribution in [0.4, 0.5) is 0 Å². The summed E-state index contributed by atoms with van der Waals surface area (Å²) in [6, 6.07) is 0. The van der Waals surface area contributed by atoms with Gasteiger partial charge in [0.1, 0.15) is 0 Å². The summed E-state index contributed by atoms with van der Waals surface area (Å²) in [5, 5.41) is 0. The molecular weight excluding hydrogens is 184 g/mol. The molecule has 2 heteroatoms. The molecule has 2 aliphatic rings. The minimum atomic E-state index is 0.204. The lowest BCUT2D eigenvalue weighted by Crippen LogP contribution is -2.22. The van der Waals surface area contributed by atoms with Crippen LogP contribution in [0.2, 0.25) is 0 Å². The third-order valence-corrected chi connectivity index (χ3v) is 4.14. The molecule has 0 spiro atoms. The van der Waals surface area contributed by atoms with E-state index in [0.717, 1.165) is 0 Å². The lowest BCUT2D eigenvalue weighted by atomic mass is 10.0. The fourth-order valence-corrected chi connectivity index (χ4v) is 2.87. The number of H-pyrrole nitrogens is 1. The molecule has 82 valence electrons. The van der Waals surface area contributed by atoms with Crippen LogP contribution in [0.25, 0.3) is 0 Å². The number of rotatable bonds is 3. The molecule has 1 aromatic rings. The Balaban J connectivity index is 1.78. The van der Waals surface area contributed by atoms with Crippen LogP contribution in [0.3, 0.4) is 0 Å². The van der Waals surface area contributed by atoms with Gasteiger partial charge in [-0.2, -0.15) is 0 Å². The van der Waals surface area contributed by atoms with Crippen molar-refractivity contribution in [3.05, 3.63) is 22.5 Å². The maximum atomic E-state index is 6.15. The number of nitrogens with one attached hydrogen (secondary N) is 1. The first-order chi connectivity index (χ1) is 7.18. The van der Waals surface area contributed by atoms with Crippen molar-refractivity contribution >= 4 is 0 Å². The SMILES string of the molecule is Cc1[nH]c2c(c1CCC1(N)CC1)CCC2. The normalized spacial score (nSPS) is 21.7. The lowest BCUT2D eigenvalue weighted by molar-refractivity contribution is 0.606. The topological polar surface area (TPSA) is 41.8 Å². The Kier molecular flexibility index (Phi) is 1.96. The Morgan fingerprint density at radius 3 is 2.87 bits per heavy atom. The molecule has 3 rings (SSSR count). The zero-order valence-electron chi connectivity index (χ0n) is 9.53. The van der Waals surface area contributed by atoms with Gasteiger partial charge >= 0.3 is 0 Å². The predicted molar refractivity (Wildman–Crippen MR) is 62.0 cm³/mol. The van der Waals surface area contributed by atoms with E-state index in [1.807, 2.05) is 0 Å². The molecule has 1 fully saturated rings. The zero-order valence-corrected chi connectivity index (χ0v) is 9.53. The van der Waals surface area contributed by atoms with E-state index in [9.17, 15) is 0 Å². The number of hydrogen-bond donors (Lipinski definition) is 2. The van der Waals surface area contributed by atoms with Crippen molar-refractivity contribution in [1.29, 1.82) is 0 Å². The van der Waals surface area contributed by atoms with Crippen LogP contribution in [-0.4, -0.2) is 10.5 Å². The van der Waals surface area contributed by atoms with Gasteiger partial charge in [0.25, 0.3) is 0 Å². The monoisotopic (exact) mass is 204 g/mol. The molecule has 3 N–H and O–H groups in total. The highest BCUT2D eigenvalue weighted by Crippen LogP contribution is 2.38. The van der Waals surface area contributed by atoms with E-state index in [0.29, 0.717) is 0 Å². The molecule has 0 radical (unpaired) electrons. The van der Waals surface area contributed by atoms with Gasteiger partial charge in [0.2, 0.25) is 0 Å². The summed E-state index contributed by atoms with van der Waals surface area (Å²) in [4.78, 5) is 3.54. The molecule has 0 aliphatic heterocycles. The predicted octanol–water partition coefficient (Wildman–Crippen LogP) is 2.24. The molecule has 2 aliphatic carbocycles. The quantitative estimate of drug-likeness (QED) is 0.779. The van der Waals surface area contributed by atoms with E-state index in [2.05, 4.69) is 11.9 Å². The van der Waals surface area contributed by atoms with Gasteiger partial charge in [-0.25, -0.2) is 0 Å². The van der Waals surface area contributed by atoms with Crippen LogP contribution in [0.15, 0.2) is 0 Å². The van der Waals surface area contributed by atoms with Crippen molar-refractivity contribution in [3.8, 4) is 0 Å². The average Bonchev–Trinajstić information content (AvgIpc) is 2.65. The molecule has 1 saturated carbocycles. The van der Waals surface area contributed by atoms with Crippen LogP contribution in [-0.2, 0) is 19.3 Å². The van der Waals surface area contributed by atoms with Crippen molar-refractivity contribution in [2.24, 2.45) is 5.73 Å². The van der Waals surface area contributed by atoms with E-state index in [1.165, 1.54) is 56.3 Å². The van der Waals surface area contributed by atoms with Crippen LogP contribution in [0, 0.1) is 6.92 Å². The molecule has 0 amide bonds. The highest BCUT2D eigenvalue weighted by Gasteiger charge is 2.37. The highest BCUT2D eigenvalue weighted by molar-refractivity contribution is 5.39. The third kappa shape index (κ3) is 1.61. The summed E-state index contributed by atoms with van der Waals surface area (Å²) in [7, 11) is 0. The third-order valence-electron chi connectivity index (χ3n) is 4.14. The van der Waals surface area contributed by atoms with E-state index < -0.39 is 0 Å². The Morgan fingerprint density at radius 1 is 1.33 bits per heavy atom. The molecule has 0 bridgehead atoms. The fourth-order valence-electron chi connectivity index (χ4n) is 2.87. The average molecular weight is 204 g/mol. The molecule has 0 saturated heterocycles.